The maximum atomic E-state index is 12.7. The molecule has 1 unspecified atom stereocenters. The van der Waals surface area contributed by atoms with Crippen LogP contribution in [0, 0.1) is 17.2 Å². The van der Waals surface area contributed by atoms with Crippen molar-refractivity contribution in [3.05, 3.63) is 47.1 Å². The van der Waals surface area contributed by atoms with Gasteiger partial charge in [0, 0.05) is 44.9 Å². The van der Waals surface area contributed by atoms with Crippen LogP contribution in [0.25, 0.3) is 0 Å². The predicted octanol–water partition coefficient (Wildman–Crippen LogP) is 2.56. The third-order valence-electron chi connectivity index (χ3n) is 5.71. The van der Waals surface area contributed by atoms with Crippen LogP contribution < -0.4 is 0 Å². The van der Waals surface area contributed by atoms with E-state index in [4.69, 9.17) is 19.3 Å². The molecule has 4 rings (SSSR count). The van der Waals surface area contributed by atoms with E-state index in [1.165, 1.54) is 0 Å². The maximum Gasteiger partial charge on any atom is 0.253 e. The third kappa shape index (κ3) is 5.04. The van der Waals surface area contributed by atoms with Crippen molar-refractivity contribution in [2.45, 2.75) is 31.6 Å². The largest absolute Gasteiger partial charge is 0.381 e. The minimum Gasteiger partial charge on any atom is -0.381 e. The number of carbonyl (C=O) groups excluding carboxylic acids is 1. The second-order valence-corrected chi connectivity index (χ2v) is 7.86. The first kappa shape index (κ1) is 20.5. The van der Waals surface area contributed by atoms with Crippen LogP contribution in [0.4, 0.5) is 0 Å². The van der Waals surface area contributed by atoms with Gasteiger partial charge in [0.1, 0.15) is 0 Å². The second kappa shape index (κ2) is 9.83. The number of hydrogen-bond donors (Lipinski definition) is 0. The molecule has 1 aromatic heterocycles. The smallest absolute Gasteiger partial charge is 0.253 e. The Hall–Kier alpha value is -2.76. The van der Waals surface area contributed by atoms with E-state index in [0.29, 0.717) is 54.9 Å². The van der Waals surface area contributed by atoms with Gasteiger partial charge in [-0.25, -0.2) is 0 Å². The molecule has 0 aliphatic carbocycles. The van der Waals surface area contributed by atoms with E-state index < -0.39 is 0 Å². The van der Waals surface area contributed by atoms with Gasteiger partial charge in [-0.3, -0.25) is 4.79 Å². The van der Waals surface area contributed by atoms with Crippen molar-refractivity contribution >= 4 is 5.91 Å². The first-order valence-corrected chi connectivity index (χ1v) is 10.5. The Morgan fingerprint density at radius 1 is 1.30 bits per heavy atom. The standard InChI is InChI=1S/C22H26N4O4/c23-13-17-2-1-3-18(12-17)22(27)26-8-4-19(14-26)21-24-20(25-30-21)7-11-29-15-16-5-9-28-10-6-16/h1-3,12,16,19H,4-11,14-15H2. The van der Waals surface area contributed by atoms with Crippen LogP contribution in [0.1, 0.15) is 52.8 Å². The Morgan fingerprint density at radius 3 is 3.00 bits per heavy atom. The molecule has 0 spiro atoms. The Morgan fingerprint density at radius 2 is 2.17 bits per heavy atom. The summed E-state index contributed by atoms with van der Waals surface area (Å²) < 4.78 is 16.6. The van der Waals surface area contributed by atoms with Crippen LogP contribution >= 0.6 is 0 Å². The molecule has 0 N–H and O–H groups in total. The summed E-state index contributed by atoms with van der Waals surface area (Å²) in [6.07, 6.45) is 3.52. The number of amides is 1. The summed E-state index contributed by atoms with van der Waals surface area (Å²) in [5, 5.41) is 13.1. The molecule has 3 heterocycles. The first-order valence-electron chi connectivity index (χ1n) is 10.5. The molecule has 8 nitrogen and oxygen atoms in total. The molecule has 2 aliphatic heterocycles. The van der Waals surface area contributed by atoms with Gasteiger partial charge < -0.3 is 18.9 Å². The molecule has 1 atom stereocenters. The van der Waals surface area contributed by atoms with Crippen molar-refractivity contribution < 1.29 is 18.8 Å². The number of rotatable bonds is 7. The lowest BCUT2D eigenvalue weighted by Crippen LogP contribution is -2.28. The highest BCUT2D eigenvalue weighted by atomic mass is 16.5. The minimum absolute atomic E-state index is 0.0394. The normalized spacial score (nSPS) is 19.7. The summed E-state index contributed by atoms with van der Waals surface area (Å²) in [4.78, 5) is 19.0. The highest BCUT2D eigenvalue weighted by molar-refractivity contribution is 5.94. The number of carbonyl (C=O) groups is 1. The van der Waals surface area contributed by atoms with Gasteiger partial charge in [0.2, 0.25) is 5.89 Å². The van der Waals surface area contributed by atoms with Gasteiger partial charge in [0.05, 0.1) is 24.2 Å². The lowest BCUT2D eigenvalue weighted by atomic mass is 10.0. The number of nitriles is 1. The molecule has 0 bridgehead atoms. The molecule has 2 fully saturated rings. The van der Waals surface area contributed by atoms with Crippen molar-refractivity contribution in [3.8, 4) is 6.07 Å². The Labute approximate surface area is 175 Å². The molecule has 158 valence electrons. The highest BCUT2D eigenvalue weighted by Gasteiger charge is 2.31. The number of aromatic nitrogens is 2. The monoisotopic (exact) mass is 410 g/mol. The van der Waals surface area contributed by atoms with Crippen LogP contribution in [0.2, 0.25) is 0 Å². The summed E-state index contributed by atoms with van der Waals surface area (Å²) in [5.41, 5.74) is 1.01. The molecule has 30 heavy (non-hydrogen) atoms. The molecule has 0 radical (unpaired) electrons. The van der Waals surface area contributed by atoms with Gasteiger partial charge in [0.25, 0.3) is 5.91 Å². The van der Waals surface area contributed by atoms with Gasteiger partial charge >= 0.3 is 0 Å². The molecule has 2 saturated heterocycles. The van der Waals surface area contributed by atoms with Gasteiger partial charge in [-0.1, -0.05) is 11.2 Å². The summed E-state index contributed by atoms with van der Waals surface area (Å²) >= 11 is 0. The molecule has 1 aromatic carbocycles. The second-order valence-electron chi connectivity index (χ2n) is 7.86. The first-order chi connectivity index (χ1) is 14.7. The Kier molecular flexibility index (Phi) is 6.72. The van der Waals surface area contributed by atoms with Gasteiger partial charge in [-0.05, 0) is 43.4 Å². The zero-order chi connectivity index (χ0) is 20.8. The Balaban J connectivity index is 1.25. The fourth-order valence-corrected chi connectivity index (χ4v) is 3.91. The van der Waals surface area contributed by atoms with Crippen LogP contribution in [-0.2, 0) is 15.9 Å². The predicted molar refractivity (Wildman–Crippen MR) is 107 cm³/mol. The number of hydrogen-bond acceptors (Lipinski definition) is 7. The van der Waals surface area contributed by atoms with E-state index in [1.807, 2.05) is 0 Å². The van der Waals surface area contributed by atoms with Crippen molar-refractivity contribution in [2.24, 2.45) is 5.92 Å². The number of likely N-dealkylation sites (tertiary alicyclic amines) is 1. The highest BCUT2D eigenvalue weighted by Crippen LogP contribution is 2.27. The van der Waals surface area contributed by atoms with Crippen LogP contribution in [0.5, 0.6) is 0 Å². The molecule has 8 heteroatoms. The lowest BCUT2D eigenvalue weighted by molar-refractivity contribution is 0.0211. The van der Waals surface area contributed by atoms with Crippen LogP contribution in [0.3, 0.4) is 0 Å². The van der Waals surface area contributed by atoms with Crippen molar-refractivity contribution in [3.63, 3.8) is 0 Å². The lowest BCUT2D eigenvalue weighted by Gasteiger charge is -2.21. The quantitative estimate of drug-likeness (QED) is 0.647. The summed E-state index contributed by atoms with van der Waals surface area (Å²) in [7, 11) is 0. The van der Waals surface area contributed by atoms with E-state index in [9.17, 15) is 4.79 Å². The van der Waals surface area contributed by atoms with E-state index >= 15 is 0 Å². The minimum atomic E-state index is -0.0733. The van der Waals surface area contributed by atoms with Gasteiger partial charge in [0.15, 0.2) is 5.82 Å². The molecule has 2 aliphatic rings. The summed E-state index contributed by atoms with van der Waals surface area (Å²) in [6, 6.07) is 8.85. The fraction of sp³-hybridized carbons (Fsp3) is 0.545. The van der Waals surface area contributed by atoms with Gasteiger partial charge in [-0.2, -0.15) is 10.2 Å². The number of nitrogens with zero attached hydrogens (tertiary/aromatic N) is 4. The van der Waals surface area contributed by atoms with Crippen LogP contribution in [-0.4, -0.2) is 60.5 Å². The van der Waals surface area contributed by atoms with E-state index in [1.54, 1.807) is 29.2 Å². The van der Waals surface area contributed by atoms with Crippen LogP contribution in [0.15, 0.2) is 28.8 Å². The molecule has 0 saturated carbocycles. The zero-order valence-electron chi connectivity index (χ0n) is 17.0. The van der Waals surface area contributed by atoms with Crippen molar-refractivity contribution in [1.82, 2.24) is 15.0 Å². The third-order valence-corrected chi connectivity index (χ3v) is 5.71. The fourth-order valence-electron chi connectivity index (χ4n) is 3.91. The topological polar surface area (TPSA) is 101 Å². The molecule has 1 amide bonds. The van der Waals surface area contributed by atoms with E-state index in [-0.39, 0.29) is 11.8 Å². The average Bonchev–Trinajstić information content (AvgIpc) is 3.47. The molecular weight excluding hydrogens is 384 g/mol. The average molecular weight is 410 g/mol. The van der Waals surface area contributed by atoms with Crippen molar-refractivity contribution in [1.29, 1.82) is 5.26 Å². The van der Waals surface area contributed by atoms with E-state index in [2.05, 4.69) is 16.2 Å². The summed E-state index contributed by atoms with van der Waals surface area (Å²) in [6.45, 7) is 4.14. The Bertz CT molecular complexity index is 901. The van der Waals surface area contributed by atoms with E-state index in [0.717, 1.165) is 39.1 Å². The molecular formula is C22H26N4O4. The SMILES string of the molecule is N#Cc1cccc(C(=O)N2CCC(c3nc(CCOCC4CCOCC4)no3)C2)c1. The molecule has 2 aromatic rings. The summed E-state index contributed by atoms with van der Waals surface area (Å²) in [5.74, 6) is 1.77. The number of benzene rings is 1. The number of ether oxygens (including phenoxy) is 2. The van der Waals surface area contributed by atoms with Crippen molar-refractivity contribution in [2.75, 3.05) is 39.5 Å². The zero-order valence-corrected chi connectivity index (χ0v) is 17.0. The van der Waals surface area contributed by atoms with Gasteiger partial charge in [-0.15, -0.1) is 0 Å². The maximum absolute atomic E-state index is 12.7.